The van der Waals surface area contributed by atoms with Gasteiger partial charge in [-0.3, -0.25) is 9.36 Å². The third-order valence-electron chi connectivity index (χ3n) is 3.90. The number of benzene rings is 1. The molecule has 0 saturated heterocycles. The molecular weight excluding hydrogens is 318 g/mol. The van der Waals surface area contributed by atoms with Crippen LogP contribution in [0.5, 0.6) is 0 Å². The van der Waals surface area contributed by atoms with Gasteiger partial charge in [0.05, 0.1) is 22.3 Å². The van der Waals surface area contributed by atoms with Crippen molar-refractivity contribution in [3.63, 3.8) is 0 Å². The second kappa shape index (κ2) is 7.76. The van der Waals surface area contributed by atoms with Gasteiger partial charge in [0.15, 0.2) is 0 Å². The summed E-state index contributed by atoms with van der Waals surface area (Å²) >= 11 is 0. The summed E-state index contributed by atoms with van der Waals surface area (Å²) < 4.78 is 6.69. The van der Waals surface area contributed by atoms with Gasteiger partial charge in [-0.05, 0) is 37.6 Å². The number of hydrazone groups is 1. The maximum Gasteiger partial charge on any atom is 0.262 e. The second-order valence-corrected chi connectivity index (χ2v) is 5.65. The molecule has 1 aromatic carbocycles. The monoisotopic (exact) mass is 339 g/mol. The number of nitrogens with zero attached hydrogens (tertiary/aromatic N) is 3. The van der Waals surface area contributed by atoms with E-state index in [2.05, 4.69) is 20.5 Å². The van der Waals surface area contributed by atoms with Gasteiger partial charge in [0.1, 0.15) is 0 Å². The number of para-hydroxylation sites is 1. The lowest BCUT2D eigenvalue weighted by molar-refractivity contribution is 0.190. The van der Waals surface area contributed by atoms with Crippen LogP contribution in [0.1, 0.15) is 19.0 Å². The number of fused-ring (bicyclic) bond motifs is 1. The first-order chi connectivity index (χ1) is 12.2. The van der Waals surface area contributed by atoms with Gasteiger partial charge in [0, 0.05) is 26.5 Å². The number of anilines is 1. The van der Waals surface area contributed by atoms with E-state index in [1.165, 1.54) is 0 Å². The van der Waals surface area contributed by atoms with Crippen LogP contribution in [0.4, 0.5) is 5.95 Å². The lowest BCUT2D eigenvalue weighted by Crippen LogP contribution is -2.25. The fourth-order valence-electron chi connectivity index (χ4n) is 2.58. The Hall–Kier alpha value is -2.93. The van der Waals surface area contributed by atoms with Crippen molar-refractivity contribution in [2.24, 2.45) is 5.10 Å². The molecule has 0 unspecified atom stereocenters. The number of aromatic nitrogens is 3. The Morgan fingerprint density at radius 1 is 1.32 bits per heavy atom. The number of aromatic amines is 1. The molecule has 0 aliphatic heterocycles. The molecule has 2 heterocycles. The van der Waals surface area contributed by atoms with Crippen LogP contribution < -0.4 is 11.0 Å². The molecule has 25 heavy (non-hydrogen) atoms. The number of nitrogens with one attached hydrogen (secondary N) is 2. The smallest absolute Gasteiger partial charge is 0.262 e. The van der Waals surface area contributed by atoms with Crippen molar-refractivity contribution in [1.82, 2.24) is 14.5 Å². The molecule has 3 rings (SSSR count). The second-order valence-electron chi connectivity index (χ2n) is 5.65. The number of hydrogen-bond donors (Lipinski definition) is 2. The summed E-state index contributed by atoms with van der Waals surface area (Å²) in [7, 11) is 1.64. The number of methoxy groups -OCH3 is 1. The molecule has 3 aromatic rings. The van der Waals surface area contributed by atoms with Crippen molar-refractivity contribution >= 4 is 22.6 Å². The van der Waals surface area contributed by atoms with Gasteiger partial charge in [0.2, 0.25) is 5.95 Å². The van der Waals surface area contributed by atoms with Gasteiger partial charge in [-0.25, -0.2) is 10.4 Å². The Bertz CT molecular complexity index is 928. The average Bonchev–Trinajstić information content (AvgIpc) is 3.17. The fraction of sp³-hybridized carbons (Fsp3) is 0.278. The van der Waals surface area contributed by atoms with E-state index in [1.807, 2.05) is 43.5 Å². The summed E-state index contributed by atoms with van der Waals surface area (Å²) in [5.41, 5.74) is 5.18. The summed E-state index contributed by atoms with van der Waals surface area (Å²) in [6.07, 6.45) is 2.55. The standard InChI is InChI=1S/C18H21N5O2/c1-13(15-9-5-10-19-15)21-22-18-20-16-8-4-3-7-14(16)17(24)23(18)11-6-12-25-2/h3-5,7-10,19H,6,11-12H2,1-2H3,(H,20,22)/b21-13+. The predicted octanol–water partition coefficient (Wildman–Crippen LogP) is 2.60. The molecule has 0 bridgehead atoms. The Morgan fingerprint density at radius 3 is 2.92 bits per heavy atom. The van der Waals surface area contributed by atoms with Crippen LogP contribution in [-0.4, -0.2) is 34.0 Å². The Balaban J connectivity index is 1.98. The average molecular weight is 339 g/mol. The molecule has 0 radical (unpaired) electrons. The Morgan fingerprint density at radius 2 is 2.16 bits per heavy atom. The first-order valence-corrected chi connectivity index (χ1v) is 8.13. The van der Waals surface area contributed by atoms with Crippen LogP contribution in [0, 0.1) is 0 Å². The highest BCUT2D eigenvalue weighted by molar-refractivity contribution is 5.97. The van der Waals surface area contributed by atoms with E-state index < -0.39 is 0 Å². The SMILES string of the molecule is COCCCn1c(N/N=C(\C)c2ccc[nH]2)nc2ccccc2c1=O. The normalized spacial score (nSPS) is 11.8. The van der Waals surface area contributed by atoms with Crippen LogP contribution in [0.3, 0.4) is 0 Å². The van der Waals surface area contributed by atoms with E-state index in [4.69, 9.17) is 4.74 Å². The summed E-state index contributed by atoms with van der Waals surface area (Å²) in [5, 5.41) is 4.95. The molecular formula is C18H21N5O2. The minimum absolute atomic E-state index is 0.0862. The lowest BCUT2D eigenvalue weighted by Gasteiger charge is -2.13. The highest BCUT2D eigenvalue weighted by Crippen LogP contribution is 2.12. The predicted molar refractivity (Wildman–Crippen MR) is 99.1 cm³/mol. The van der Waals surface area contributed by atoms with Gasteiger partial charge >= 0.3 is 0 Å². The van der Waals surface area contributed by atoms with Crippen LogP contribution in [-0.2, 0) is 11.3 Å². The van der Waals surface area contributed by atoms with Gasteiger partial charge in [-0.15, -0.1) is 0 Å². The van der Waals surface area contributed by atoms with Crippen molar-refractivity contribution in [3.8, 4) is 0 Å². The van der Waals surface area contributed by atoms with E-state index in [1.54, 1.807) is 17.7 Å². The quantitative estimate of drug-likeness (QED) is 0.394. The highest BCUT2D eigenvalue weighted by atomic mass is 16.5. The summed E-state index contributed by atoms with van der Waals surface area (Å²) in [4.78, 5) is 20.5. The molecule has 0 aliphatic rings. The molecule has 0 fully saturated rings. The molecule has 0 amide bonds. The van der Waals surface area contributed by atoms with E-state index in [0.717, 1.165) is 11.4 Å². The van der Waals surface area contributed by atoms with Crippen molar-refractivity contribution in [3.05, 3.63) is 58.6 Å². The minimum atomic E-state index is -0.0862. The molecule has 7 heteroatoms. The van der Waals surface area contributed by atoms with Crippen LogP contribution in [0.2, 0.25) is 0 Å². The summed E-state index contributed by atoms with van der Waals surface area (Å²) in [5.74, 6) is 0.422. The lowest BCUT2D eigenvalue weighted by atomic mass is 10.2. The van der Waals surface area contributed by atoms with Crippen LogP contribution in [0.25, 0.3) is 10.9 Å². The van der Waals surface area contributed by atoms with E-state index in [-0.39, 0.29) is 5.56 Å². The van der Waals surface area contributed by atoms with Crippen molar-refractivity contribution in [2.45, 2.75) is 19.9 Å². The van der Waals surface area contributed by atoms with Gasteiger partial charge in [-0.1, -0.05) is 12.1 Å². The molecule has 0 spiro atoms. The molecule has 0 aliphatic carbocycles. The van der Waals surface area contributed by atoms with E-state index in [0.29, 0.717) is 36.4 Å². The molecule has 2 aromatic heterocycles. The zero-order chi connectivity index (χ0) is 17.6. The number of hydrogen-bond acceptors (Lipinski definition) is 5. The van der Waals surface area contributed by atoms with Crippen LogP contribution >= 0.6 is 0 Å². The molecule has 0 saturated carbocycles. The van der Waals surface area contributed by atoms with Crippen molar-refractivity contribution < 1.29 is 4.74 Å². The maximum atomic E-state index is 12.8. The van der Waals surface area contributed by atoms with Gasteiger partial charge in [-0.2, -0.15) is 5.10 Å². The number of rotatable bonds is 7. The Kier molecular flexibility index (Phi) is 5.25. The zero-order valence-corrected chi connectivity index (χ0v) is 14.3. The van der Waals surface area contributed by atoms with Gasteiger partial charge < -0.3 is 9.72 Å². The number of ether oxygens (including phenoxy) is 1. The molecule has 0 atom stereocenters. The number of H-pyrrole nitrogens is 1. The van der Waals surface area contributed by atoms with E-state index in [9.17, 15) is 4.79 Å². The van der Waals surface area contributed by atoms with Crippen LogP contribution in [0.15, 0.2) is 52.5 Å². The molecule has 7 nitrogen and oxygen atoms in total. The first-order valence-electron chi connectivity index (χ1n) is 8.13. The topological polar surface area (TPSA) is 84.3 Å². The Labute approximate surface area is 145 Å². The third kappa shape index (κ3) is 3.77. The molecule has 130 valence electrons. The minimum Gasteiger partial charge on any atom is -0.385 e. The van der Waals surface area contributed by atoms with Crippen molar-refractivity contribution in [1.29, 1.82) is 0 Å². The maximum absolute atomic E-state index is 12.8. The van der Waals surface area contributed by atoms with E-state index >= 15 is 0 Å². The fourth-order valence-corrected chi connectivity index (χ4v) is 2.58. The summed E-state index contributed by atoms with van der Waals surface area (Å²) in [6.45, 7) is 2.96. The largest absolute Gasteiger partial charge is 0.385 e. The highest BCUT2D eigenvalue weighted by Gasteiger charge is 2.10. The van der Waals surface area contributed by atoms with Crippen molar-refractivity contribution in [2.75, 3.05) is 19.1 Å². The summed E-state index contributed by atoms with van der Waals surface area (Å²) in [6, 6.07) is 11.1. The molecule has 2 N–H and O–H groups in total. The zero-order valence-electron chi connectivity index (χ0n) is 14.3. The first kappa shape index (κ1) is 16.9. The third-order valence-corrected chi connectivity index (χ3v) is 3.90. The van der Waals surface area contributed by atoms with Gasteiger partial charge in [0.25, 0.3) is 5.56 Å².